The Morgan fingerprint density at radius 1 is 1.47 bits per heavy atom. The van der Waals surface area contributed by atoms with Crippen molar-refractivity contribution in [1.29, 1.82) is 0 Å². The van der Waals surface area contributed by atoms with Gasteiger partial charge in [-0.2, -0.15) is 0 Å². The lowest BCUT2D eigenvalue weighted by Crippen LogP contribution is -2.44. The van der Waals surface area contributed by atoms with Crippen LogP contribution in [-0.4, -0.2) is 33.4 Å². The number of carbonyl (C=O) groups is 1. The summed E-state index contributed by atoms with van der Waals surface area (Å²) in [5.74, 6) is -1.02. The number of nitro benzene ring substituents is 1. The number of para-hydroxylation sites is 1. The monoisotopic (exact) mass is 266 g/mol. The van der Waals surface area contributed by atoms with Gasteiger partial charge in [-0.05, 0) is 26.3 Å². The normalized spacial score (nSPS) is 11.2. The minimum atomic E-state index is -0.711. The number of phenols is 1. The molecule has 0 spiro atoms. The first-order valence-corrected chi connectivity index (χ1v) is 5.97. The van der Waals surface area contributed by atoms with E-state index in [9.17, 15) is 20.0 Å². The summed E-state index contributed by atoms with van der Waals surface area (Å²) in [7, 11) is 1.62. The van der Waals surface area contributed by atoms with Crippen LogP contribution in [0.4, 0.5) is 5.69 Å². The van der Waals surface area contributed by atoms with Crippen LogP contribution in [0.15, 0.2) is 18.2 Å². The second-order valence-corrected chi connectivity index (χ2v) is 4.96. The van der Waals surface area contributed by atoms with Gasteiger partial charge in [0, 0.05) is 18.7 Å². The molecule has 0 aliphatic carbocycles. The van der Waals surface area contributed by atoms with Crippen LogP contribution >= 0.6 is 0 Å². The van der Waals surface area contributed by atoms with Crippen LogP contribution in [0.2, 0.25) is 0 Å². The van der Waals surface area contributed by atoms with Crippen molar-refractivity contribution in [3.63, 3.8) is 0 Å². The molecular weight excluding hydrogens is 248 g/mol. The molecule has 6 nitrogen and oxygen atoms in total. The Kier molecular flexibility index (Phi) is 4.14. The van der Waals surface area contributed by atoms with Crippen LogP contribution in [-0.2, 0) is 0 Å². The number of rotatable bonds is 4. The highest BCUT2D eigenvalue weighted by Crippen LogP contribution is 2.31. The summed E-state index contributed by atoms with van der Waals surface area (Å²) in [4.78, 5) is 23.8. The first-order chi connectivity index (χ1) is 8.72. The predicted molar refractivity (Wildman–Crippen MR) is 71.2 cm³/mol. The number of phenolic OH excluding ortho intramolecular Hbond substituents is 1. The fourth-order valence-corrected chi connectivity index (χ4v) is 1.54. The molecule has 0 saturated heterocycles. The van der Waals surface area contributed by atoms with Crippen LogP contribution in [0.1, 0.15) is 37.6 Å². The van der Waals surface area contributed by atoms with Gasteiger partial charge >= 0.3 is 5.69 Å². The molecule has 1 aromatic rings. The van der Waals surface area contributed by atoms with Crippen molar-refractivity contribution in [1.82, 2.24) is 4.90 Å². The maximum atomic E-state index is 12.3. The third-order valence-corrected chi connectivity index (χ3v) is 3.52. The average molecular weight is 266 g/mol. The van der Waals surface area contributed by atoms with E-state index >= 15 is 0 Å². The highest BCUT2D eigenvalue weighted by molar-refractivity contribution is 5.98. The molecule has 1 amide bonds. The third kappa shape index (κ3) is 2.83. The molecule has 0 saturated carbocycles. The van der Waals surface area contributed by atoms with E-state index in [2.05, 4.69) is 0 Å². The highest BCUT2D eigenvalue weighted by Gasteiger charge is 2.30. The molecule has 0 unspecified atom stereocenters. The van der Waals surface area contributed by atoms with Gasteiger partial charge in [0.1, 0.15) is 0 Å². The highest BCUT2D eigenvalue weighted by atomic mass is 16.6. The van der Waals surface area contributed by atoms with Gasteiger partial charge in [-0.15, -0.1) is 0 Å². The topological polar surface area (TPSA) is 83.7 Å². The van der Waals surface area contributed by atoms with Crippen molar-refractivity contribution in [2.24, 2.45) is 0 Å². The van der Waals surface area contributed by atoms with Gasteiger partial charge in [-0.25, -0.2) is 0 Å². The molecule has 0 aliphatic heterocycles. The van der Waals surface area contributed by atoms with Crippen LogP contribution < -0.4 is 0 Å². The van der Waals surface area contributed by atoms with Crippen LogP contribution in [0.5, 0.6) is 5.75 Å². The predicted octanol–water partition coefficient (Wildman–Crippen LogP) is 2.56. The zero-order chi connectivity index (χ0) is 14.8. The molecule has 0 atom stereocenters. The van der Waals surface area contributed by atoms with E-state index in [1.54, 1.807) is 7.05 Å². The van der Waals surface area contributed by atoms with E-state index in [-0.39, 0.29) is 5.56 Å². The quantitative estimate of drug-likeness (QED) is 0.670. The molecule has 0 aliphatic rings. The molecule has 104 valence electrons. The van der Waals surface area contributed by atoms with Crippen molar-refractivity contribution in [2.75, 3.05) is 7.05 Å². The Labute approximate surface area is 111 Å². The minimum absolute atomic E-state index is 0.0572. The van der Waals surface area contributed by atoms with Gasteiger partial charge in [-0.3, -0.25) is 14.9 Å². The van der Waals surface area contributed by atoms with Crippen molar-refractivity contribution in [2.45, 2.75) is 32.7 Å². The maximum Gasteiger partial charge on any atom is 0.311 e. The first-order valence-electron chi connectivity index (χ1n) is 5.97. The van der Waals surface area contributed by atoms with Gasteiger partial charge < -0.3 is 10.0 Å². The van der Waals surface area contributed by atoms with E-state index < -0.39 is 27.8 Å². The molecule has 0 bridgehead atoms. The number of hydrogen-bond acceptors (Lipinski definition) is 4. The fraction of sp³-hybridized carbons (Fsp3) is 0.462. The lowest BCUT2D eigenvalue weighted by atomic mass is 9.98. The number of amides is 1. The standard InChI is InChI=1S/C13H18N2O4/c1-5-13(2,3)14(4)12(17)9-7-6-8-10(11(9)16)15(18)19/h6-8,16H,5H2,1-4H3. The Morgan fingerprint density at radius 3 is 2.53 bits per heavy atom. The Balaban J connectivity index is 3.21. The summed E-state index contributed by atoms with van der Waals surface area (Å²) >= 11 is 0. The van der Waals surface area contributed by atoms with Crippen LogP contribution in [0.3, 0.4) is 0 Å². The summed E-state index contributed by atoms with van der Waals surface area (Å²) in [6.45, 7) is 5.72. The van der Waals surface area contributed by atoms with E-state index in [4.69, 9.17) is 0 Å². The van der Waals surface area contributed by atoms with Gasteiger partial charge in [-0.1, -0.05) is 13.0 Å². The maximum absolute atomic E-state index is 12.3. The summed E-state index contributed by atoms with van der Waals surface area (Å²) in [5, 5.41) is 20.6. The molecular formula is C13H18N2O4. The lowest BCUT2D eigenvalue weighted by Gasteiger charge is -2.34. The number of nitro groups is 1. The van der Waals surface area contributed by atoms with Crippen LogP contribution in [0.25, 0.3) is 0 Å². The van der Waals surface area contributed by atoms with E-state index in [1.165, 1.54) is 17.0 Å². The van der Waals surface area contributed by atoms with Gasteiger partial charge in [0.25, 0.3) is 5.91 Å². The molecule has 1 rings (SSSR count). The Morgan fingerprint density at radius 2 is 2.05 bits per heavy atom. The second-order valence-electron chi connectivity index (χ2n) is 4.96. The van der Waals surface area contributed by atoms with Crippen molar-refractivity contribution in [3.8, 4) is 5.75 Å². The SMILES string of the molecule is CCC(C)(C)N(C)C(=O)c1cccc([N+](=O)[O-])c1O. The number of nitrogens with zero attached hydrogens (tertiary/aromatic N) is 2. The molecule has 0 aromatic heterocycles. The largest absolute Gasteiger partial charge is 0.502 e. The fourth-order valence-electron chi connectivity index (χ4n) is 1.54. The second kappa shape index (κ2) is 5.26. The van der Waals surface area contributed by atoms with Crippen LogP contribution in [0, 0.1) is 10.1 Å². The smallest absolute Gasteiger partial charge is 0.311 e. The summed E-state index contributed by atoms with van der Waals surface area (Å²) in [6.07, 6.45) is 0.727. The molecule has 0 radical (unpaired) electrons. The number of hydrogen-bond donors (Lipinski definition) is 1. The van der Waals surface area contributed by atoms with Crippen molar-refractivity contribution >= 4 is 11.6 Å². The zero-order valence-corrected chi connectivity index (χ0v) is 11.5. The number of carbonyl (C=O) groups excluding carboxylic acids is 1. The lowest BCUT2D eigenvalue weighted by molar-refractivity contribution is -0.385. The number of benzene rings is 1. The Hall–Kier alpha value is -2.11. The number of aromatic hydroxyl groups is 1. The molecule has 19 heavy (non-hydrogen) atoms. The third-order valence-electron chi connectivity index (χ3n) is 3.52. The summed E-state index contributed by atoms with van der Waals surface area (Å²) < 4.78 is 0. The summed E-state index contributed by atoms with van der Waals surface area (Å²) in [6, 6.07) is 3.93. The van der Waals surface area contributed by atoms with Crippen molar-refractivity contribution < 1.29 is 14.8 Å². The average Bonchev–Trinajstić information content (AvgIpc) is 2.36. The molecule has 0 fully saturated rings. The van der Waals surface area contributed by atoms with E-state index in [0.29, 0.717) is 0 Å². The zero-order valence-electron chi connectivity index (χ0n) is 11.5. The molecule has 1 N–H and O–H groups in total. The molecule has 0 heterocycles. The molecule has 6 heteroatoms. The first kappa shape index (κ1) is 14.9. The Bertz CT molecular complexity index is 511. The summed E-state index contributed by atoms with van der Waals surface area (Å²) in [5.41, 5.74) is -0.916. The van der Waals surface area contributed by atoms with E-state index in [1.807, 2.05) is 20.8 Å². The van der Waals surface area contributed by atoms with E-state index in [0.717, 1.165) is 12.5 Å². The van der Waals surface area contributed by atoms with Crippen molar-refractivity contribution in [3.05, 3.63) is 33.9 Å². The van der Waals surface area contributed by atoms with Gasteiger partial charge in [0.15, 0.2) is 0 Å². The minimum Gasteiger partial charge on any atom is -0.502 e. The molecule has 1 aromatic carbocycles. The van der Waals surface area contributed by atoms with Gasteiger partial charge in [0.05, 0.1) is 10.5 Å². The van der Waals surface area contributed by atoms with Gasteiger partial charge in [0.2, 0.25) is 5.75 Å².